The van der Waals surface area contributed by atoms with Gasteiger partial charge in [0, 0.05) is 23.2 Å². The normalized spacial score (nSPS) is 14.4. The Kier molecular flexibility index (Phi) is 7.24. The smallest absolute Gasteiger partial charge is 0.320 e. The third-order valence-corrected chi connectivity index (χ3v) is 10.4. The van der Waals surface area contributed by atoms with Gasteiger partial charge < -0.3 is 4.74 Å². The zero-order chi connectivity index (χ0) is 35.7. The molecule has 0 bridgehead atoms. The van der Waals surface area contributed by atoms with E-state index < -0.39 is 43.9 Å². The Morgan fingerprint density at radius 2 is 0.863 bits per heavy atom. The Bertz CT molecular complexity index is 2570. The first-order valence-corrected chi connectivity index (χ1v) is 17.5. The van der Waals surface area contributed by atoms with Crippen molar-refractivity contribution in [2.45, 2.75) is 9.79 Å². The lowest BCUT2D eigenvalue weighted by Gasteiger charge is -2.13. The van der Waals surface area contributed by atoms with Crippen LogP contribution in [0, 0.1) is 0 Å². The van der Waals surface area contributed by atoms with Gasteiger partial charge in [0.15, 0.2) is 0 Å². The second-order valence-corrected chi connectivity index (χ2v) is 14.0. The fourth-order valence-electron chi connectivity index (χ4n) is 5.63. The van der Waals surface area contributed by atoms with Crippen LogP contribution in [0.4, 0.5) is 0 Å². The molecule has 2 aromatic heterocycles. The van der Waals surface area contributed by atoms with Crippen molar-refractivity contribution in [3.63, 3.8) is 0 Å². The third kappa shape index (κ3) is 5.27. The molecule has 4 heterocycles. The van der Waals surface area contributed by atoms with Crippen LogP contribution < -0.4 is 4.74 Å². The molecule has 6 aromatic rings. The average Bonchev–Trinajstić information content (AvgIpc) is 3.49. The number of fused-ring (bicyclic) bond motifs is 4. The summed E-state index contributed by atoms with van der Waals surface area (Å²) < 4.78 is 68.6. The number of para-hydroxylation sites is 2. The molecule has 17 heteroatoms. The van der Waals surface area contributed by atoms with E-state index in [1.807, 2.05) is 0 Å². The number of benzene rings is 4. The molecule has 2 aliphatic rings. The van der Waals surface area contributed by atoms with Crippen molar-refractivity contribution in [2.75, 3.05) is 0 Å². The number of hydrogen-bond acceptors (Lipinski definition) is 13. The summed E-state index contributed by atoms with van der Waals surface area (Å²) in [5, 5.41) is 1.24. The monoisotopic (exact) mass is 722 g/mol. The van der Waals surface area contributed by atoms with Gasteiger partial charge in [-0.2, -0.15) is 16.8 Å². The van der Waals surface area contributed by atoms with E-state index in [9.17, 15) is 36.0 Å². The molecule has 0 spiro atoms. The molecular formula is C34H18N4O11S2. The Labute approximate surface area is 287 Å². The zero-order valence-electron chi connectivity index (χ0n) is 25.5. The number of carbonyl (C=O) groups is 4. The van der Waals surface area contributed by atoms with Gasteiger partial charge in [-0.05, 0) is 60.7 Å². The summed E-state index contributed by atoms with van der Waals surface area (Å²) in [6.07, 6.45) is 2.78. The summed E-state index contributed by atoms with van der Waals surface area (Å²) in [5.41, 5.74) is -0.624. The number of hydroxylamine groups is 4. The maximum absolute atomic E-state index is 13.2. The first-order chi connectivity index (χ1) is 24.4. The van der Waals surface area contributed by atoms with Crippen molar-refractivity contribution in [2.24, 2.45) is 0 Å². The van der Waals surface area contributed by atoms with Crippen molar-refractivity contribution in [1.29, 1.82) is 0 Å². The predicted octanol–water partition coefficient (Wildman–Crippen LogP) is 4.41. The molecule has 0 aliphatic carbocycles. The third-order valence-electron chi connectivity index (χ3n) is 7.95. The Morgan fingerprint density at radius 1 is 0.471 bits per heavy atom. The second kappa shape index (κ2) is 11.6. The van der Waals surface area contributed by atoms with E-state index in [4.69, 9.17) is 13.3 Å². The summed E-state index contributed by atoms with van der Waals surface area (Å²) in [6, 6.07) is 22.6. The molecule has 252 valence electrons. The molecule has 2 aliphatic heterocycles. The molecule has 51 heavy (non-hydrogen) atoms. The first kappa shape index (κ1) is 31.8. The standard InChI is InChI=1S/C34H18N4O11S2/c39-31-23-13-11-21(17-25(23)33(41)37(31)48-50(43,44)27-9-1-5-19-7-3-15-35-29(19)27)47-22-12-14-24-26(18-22)34(42)38(32(24)40)49-51(45,46)28-10-2-6-20-8-4-16-36-30(20)28/h1-18H. The number of nitrogens with zero attached hydrogens (tertiary/aromatic N) is 4. The zero-order valence-corrected chi connectivity index (χ0v) is 27.1. The maximum atomic E-state index is 13.2. The van der Waals surface area contributed by atoms with Crippen LogP contribution in [0.15, 0.2) is 119 Å². The summed E-state index contributed by atoms with van der Waals surface area (Å²) in [4.78, 5) is 60.0. The summed E-state index contributed by atoms with van der Waals surface area (Å²) in [5.74, 6) is -4.24. The summed E-state index contributed by atoms with van der Waals surface area (Å²) in [7, 11) is -9.39. The number of carbonyl (C=O) groups excluding carboxylic acids is 4. The number of hydrogen-bond donors (Lipinski definition) is 0. The van der Waals surface area contributed by atoms with Crippen LogP contribution in [0.3, 0.4) is 0 Å². The molecule has 0 fully saturated rings. The molecule has 4 aromatic carbocycles. The number of pyridine rings is 2. The van der Waals surface area contributed by atoms with Crippen LogP contribution in [-0.4, -0.2) is 60.6 Å². The summed E-state index contributed by atoms with van der Waals surface area (Å²) in [6.45, 7) is 0. The molecular weight excluding hydrogens is 705 g/mol. The highest BCUT2D eigenvalue weighted by Crippen LogP contribution is 2.35. The van der Waals surface area contributed by atoms with Crippen LogP contribution in [0.1, 0.15) is 41.4 Å². The molecule has 15 nitrogen and oxygen atoms in total. The minimum absolute atomic E-state index is 0.00581. The highest BCUT2D eigenvalue weighted by Gasteiger charge is 2.42. The molecule has 0 saturated heterocycles. The van der Waals surface area contributed by atoms with Crippen LogP contribution in [0.25, 0.3) is 21.8 Å². The largest absolute Gasteiger partial charge is 0.457 e. The molecule has 0 N–H and O–H groups in total. The van der Waals surface area contributed by atoms with E-state index in [-0.39, 0.29) is 64.7 Å². The average molecular weight is 723 g/mol. The van der Waals surface area contributed by atoms with Crippen molar-refractivity contribution < 1.29 is 49.3 Å². The lowest BCUT2D eigenvalue weighted by molar-refractivity contribution is -0.0107. The number of ether oxygens (including phenoxy) is 1. The molecule has 0 radical (unpaired) electrons. The number of rotatable bonds is 8. The Morgan fingerprint density at radius 3 is 1.29 bits per heavy atom. The van der Waals surface area contributed by atoms with Gasteiger partial charge in [0.1, 0.15) is 21.3 Å². The highest BCUT2D eigenvalue weighted by molar-refractivity contribution is 7.87. The van der Waals surface area contributed by atoms with Gasteiger partial charge in [-0.25, -0.2) is 0 Å². The number of amides is 4. The Balaban J connectivity index is 1.01. The first-order valence-electron chi connectivity index (χ1n) is 14.7. The minimum atomic E-state index is -4.69. The van der Waals surface area contributed by atoms with Gasteiger partial charge in [0.25, 0.3) is 23.6 Å². The van der Waals surface area contributed by atoms with Crippen LogP contribution >= 0.6 is 0 Å². The van der Waals surface area contributed by atoms with Gasteiger partial charge in [0.05, 0.1) is 33.3 Å². The van der Waals surface area contributed by atoms with Gasteiger partial charge in [-0.1, -0.05) is 36.4 Å². The van der Waals surface area contributed by atoms with E-state index in [2.05, 4.69) is 9.97 Å². The topological polar surface area (TPSA) is 197 Å². The lowest BCUT2D eigenvalue weighted by atomic mass is 10.1. The van der Waals surface area contributed by atoms with Crippen molar-refractivity contribution in [1.82, 2.24) is 20.1 Å². The van der Waals surface area contributed by atoms with Crippen molar-refractivity contribution in [3.8, 4) is 11.5 Å². The quantitative estimate of drug-likeness (QED) is 0.201. The van der Waals surface area contributed by atoms with Crippen molar-refractivity contribution in [3.05, 3.63) is 132 Å². The van der Waals surface area contributed by atoms with Crippen LogP contribution in [0.5, 0.6) is 11.5 Å². The van der Waals surface area contributed by atoms with Gasteiger partial charge in [-0.3, -0.25) is 29.1 Å². The van der Waals surface area contributed by atoms with Gasteiger partial charge in [-0.15, -0.1) is 18.7 Å². The van der Waals surface area contributed by atoms with Crippen LogP contribution in [-0.2, 0) is 28.8 Å². The molecule has 4 amide bonds. The molecule has 0 atom stereocenters. The molecule has 8 rings (SSSR count). The summed E-state index contributed by atoms with van der Waals surface area (Å²) >= 11 is 0. The molecule has 0 saturated carbocycles. The number of aromatic nitrogens is 2. The highest BCUT2D eigenvalue weighted by atomic mass is 32.2. The fourth-order valence-corrected chi connectivity index (χ4v) is 7.76. The lowest BCUT2D eigenvalue weighted by Crippen LogP contribution is -2.32. The number of imide groups is 2. The van der Waals surface area contributed by atoms with Gasteiger partial charge in [0.2, 0.25) is 0 Å². The molecule has 0 unspecified atom stereocenters. The van der Waals surface area contributed by atoms with E-state index in [0.717, 1.165) is 0 Å². The van der Waals surface area contributed by atoms with E-state index >= 15 is 0 Å². The van der Waals surface area contributed by atoms with E-state index in [1.54, 1.807) is 36.4 Å². The van der Waals surface area contributed by atoms with Crippen LogP contribution in [0.2, 0.25) is 0 Å². The fraction of sp³-hybridized carbons (Fsp3) is 0. The second-order valence-electron chi connectivity index (χ2n) is 11.0. The SMILES string of the molecule is O=C1c2ccc(Oc3ccc4c(c3)C(=O)N(OS(=O)(=O)c3cccc5cccnc35)C4=O)cc2C(=O)N1OS(=O)(=O)c1cccc2cccnc12. The Hall–Kier alpha value is -6.40. The van der Waals surface area contributed by atoms with Crippen molar-refractivity contribution >= 4 is 65.7 Å². The minimum Gasteiger partial charge on any atom is -0.457 e. The maximum Gasteiger partial charge on any atom is 0.320 e. The van der Waals surface area contributed by atoms with Gasteiger partial charge >= 0.3 is 20.2 Å². The van der Waals surface area contributed by atoms with E-state index in [0.29, 0.717) is 10.8 Å². The van der Waals surface area contributed by atoms with E-state index in [1.165, 1.54) is 73.1 Å². The predicted molar refractivity (Wildman–Crippen MR) is 174 cm³/mol.